The minimum absolute atomic E-state index is 0.0581. The topological polar surface area (TPSA) is 97.3 Å². The molecule has 1 N–H and O–H groups in total. The predicted molar refractivity (Wildman–Crippen MR) is 95.4 cm³/mol. The molecule has 1 amide bonds. The monoisotopic (exact) mass is 378 g/mol. The highest BCUT2D eigenvalue weighted by molar-refractivity contribution is 6.31. The van der Waals surface area contributed by atoms with Crippen molar-refractivity contribution in [2.24, 2.45) is 0 Å². The Morgan fingerprint density at radius 2 is 2.23 bits per heavy atom. The van der Waals surface area contributed by atoms with Crippen molar-refractivity contribution in [3.05, 3.63) is 56.6 Å². The molecule has 1 aliphatic rings. The summed E-state index contributed by atoms with van der Waals surface area (Å²) in [5, 5.41) is 0.438. The molecule has 9 heteroatoms. The summed E-state index contributed by atoms with van der Waals surface area (Å²) >= 11 is 6.06. The van der Waals surface area contributed by atoms with Gasteiger partial charge in [0.25, 0.3) is 5.56 Å². The summed E-state index contributed by atoms with van der Waals surface area (Å²) in [6.07, 6.45) is 6.22. The molecule has 0 spiro atoms. The average Bonchev–Trinajstić information content (AvgIpc) is 2.63. The van der Waals surface area contributed by atoms with E-state index in [1.54, 1.807) is 17.2 Å². The molecule has 26 heavy (non-hydrogen) atoms. The third kappa shape index (κ3) is 4.51. The van der Waals surface area contributed by atoms with Gasteiger partial charge in [0.2, 0.25) is 5.91 Å². The highest BCUT2D eigenvalue weighted by atomic mass is 35.5. The molecule has 138 valence electrons. The number of hydrogen-bond acceptors (Lipinski definition) is 5. The van der Waals surface area contributed by atoms with Crippen molar-refractivity contribution in [1.29, 1.82) is 0 Å². The zero-order valence-electron chi connectivity index (χ0n) is 14.1. The SMILES string of the molecule is O=C(CCn1ccc(=O)[nH]c1=O)N1CCCC(Oc2ccncc2Cl)C1. The number of nitrogens with zero attached hydrogens (tertiary/aromatic N) is 3. The smallest absolute Gasteiger partial charge is 0.328 e. The molecule has 1 atom stereocenters. The summed E-state index contributed by atoms with van der Waals surface area (Å²) in [6, 6.07) is 2.96. The van der Waals surface area contributed by atoms with E-state index in [9.17, 15) is 14.4 Å². The van der Waals surface area contributed by atoms with Gasteiger partial charge in [-0.3, -0.25) is 19.6 Å². The van der Waals surface area contributed by atoms with Crippen molar-refractivity contribution in [3.8, 4) is 5.75 Å². The van der Waals surface area contributed by atoms with Crippen molar-refractivity contribution in [2.75, 3.05) is 13.1 Å². The number of halogens is 1. The Balaban J connectivity index is 1.56. The van der Waals surface area contributed by atoms with Crippen LogP contribution < -0.4 is 16.0 Å². The minimum Gasteiger partial charge on any atom is -0.487 e. The molecule has 0 aromatic carbocycles. The number of H-pyrrole nitrogens is 1. The molecule has 3 heterocycles. The molecule has 0 saturated carbocycles. The maximum atomic E-state index is 12.5. The normalized spacial score (nSPS) is 17.1. The zero-order chi connectivity index (χ0) is 18.5. The van der Waals surface area contributed by atoms with Crippen LogP contribution in [0.1, 0.15) is 19.3 Å². The van der Waals surface area contributed by atoms with Gasteiger partial charge in [-0.2, -0.15) is 0 Å². The Labute approximate surface area is 154 Å². The first-order valence-corrected chi connectivity index (χ1v) is 8.74. The van der Waals surface area contributed by atoms with E-state index in [4.69, 9.17) is 16.3 Å². The number of pyridine rings is 1. The Morgan fingerprint density at radius 1 is 1.38 bits per heavy atom. The molecule has 0 bridgehead atoms. The van der Waals surface area contributed by atoms with Crippen LogP contribution in [0.4, 0.5) is 0 Å². The second-order valence-electron chi connectivity index (χ2n) is 6.08. The second-order valence-corrected chi connectivity index (χ2v) is 6.49. The lowest BCUT2D eigenvalue weighted by Crippen LogP contribution is -2.44. The summed E-state index contributed by atoms with van der Waals surface area (Å²) in [6.45, 7) is 1.34. The number of carbonyl (C=O) groups excluding carboxylic acids is 1. The van der Waals surface area contributed by atoms with Crippen LogP contribution in [0.3, 0.4) is 0 Å². The van der Waals surface area contributed by atoms with Gasteiger partial charge in [0.05, 0.1) is 6.54 Å². The summed E-state index contributed by atoms with van der Waals surface area (Å²) < 4.78 is 7.21. The molecule has 8 nitrogen and oxygen atoms in total. The number of piperidine rings is 1. The van der Waals surface area contributed by atoms with Crippen LogP contribution in [-0.4, -0.2) is 44.5 Å². The van der Waals surface area contributed by atoms with E-state index < -0.39 is 11.2 Å². The molecule has 1 aliphatic heterocycles. The fraction of sp³-hybridized carbons (Fsp3) is 0.412. The fourth-order valence-electron chi connectivity index (χ4n) is 2.89. The number of aryl methyl sites for hydroxylation is 1. The number of aromatic amines is 1. The van der Waals surface area contributed by atoms with Crippen molar-refractivity contribution in [1.82, 2.24) is 19.4 Å². The summed E-state index contributed by atoms with van der Waals surface area (Å²) in [7, 11) is 0. The van der Waals surface area contributed by atoms with E-state index in [0.29, 0.717) is 23.9 Å². The molecule has 1 unspecified atom stereocenters. The third-order valence-corrected chi connectivity index (χ3v) is 4.51. The number of aromatic nitrogens is 3. The van der Waals surface area contributed by atoms with E-state index in [1.807, 2.05) is 0 Å². The highest BCUT2D eigenvalue weighted by Gasteiger charge is 2.25. The number of nitrogens with one attached hydrogen (secondary N) is 1. The lowest BCUT2D eigenvalue weighted by molar-refractivity contribution is -0.134. The van der Waals surface area contributed by atoms with Crippen LogP contribution in [0.5, 0.6) is 5.75 Å². The highest BCUT2D eigenvalue weighted by Crippen LogP contribution is 2.25. The number of ether oxygens (including phenoxy) is 1. The van der Waals surface area contributed by atoms with Crippen LogP contribution in [0.2, 0.25) is 5.02 Å². The van der Waals surface area contributed by atoms with E-state index in [0.717, 1.165) is 12.8 Å². The van der Waals surface area contributed by atoms with Gasteiger partial charge >= 0.3 is 5.69 Å². The molecule has 2 aromatic rings. The van der Waals surface area contributed by atoms with Gasteiger partial charge in [0, 0.05) is 50.2 Å². The van der Waals surface area contributed by atoms with Crippen molar-refractivity contribution < 1.29 is 9.53 Å². The van der Waals surface area contributed by atoms with Crippen LogP contribution in [0, 0.1) is 0 Å². The van der Waals surface area contributed by atoms with Crippen molar-refractivity contribution in [3.63, 3.8) is 0 Å². The quantitative estimate of drug-likeness (QED) is 0.838. The van der Waals surface area contributed by atoms with Crippen LogP contribution in [-0.2, 0) is 11.3 Å². The summed E-state index contributed by atoms with van der Waals surface area (Å²) in [5.41, 5.74) is -0.971. The van der Waals surface area contributed by atoms with E-state index >= 15 is 0 Å². The fourth-order valence-corrected chi connectivity index (χ4v) is 3.06. The summed E-state index contributed by atoms with van der Waals surface area (Å²) in [4.78, 5) is 43.0. The van der Waals surface area contributed by atoms with Crippen molar-refractivity contribution in [2.45, 2.75) is 31.9 Å². The zero-order valence-corrected chi connectivity index (χ0v) is 14.8. The number of amides is 1. The largest absolute Gasteiger partial charge is 0.487 e. The van der Waals surface area contributed by atoms with Gasteiger partial charge in [-0.05, 0) is 12.8 Å². The first-order valence-electron chi connectivity index (χ1n) is 8.36. The number of carbonyl (C=O) groups is 1. The Morgan fingerprint density at radius 3 is 3.00 bits per heavy atom. The van der Waals surface area contributed by atoms with Gasteiger partial charge in [0.15, 0.2) is 0 Å². The predicted octanol–water partition coefficient (Wildman–Crippen LogP) is 1.05. The number of rotatable bonds is 5. The van der Waals surface area contributed by atoms with Gasteiger partial charge in [-0.1, -0.05) is 11.6 Å². The number of likely N-dealkylation sites (tertiary alicyclic amines) is 1. The molecule has 1 saturated heterocycles. The van der Waals surface area contributed by atoms with Gasteiger partial charge in [-0.15, -0.1) is 0 Å². The minimum atomic E-state index is -0.516. The third-order valence-electron chi connectivity index (χ3n) is 4.22. The molecule has 0 radical (unpaired) electrons. The molecular formula is C17H19ClN4O4. The van der Waals surface area contributed by atoms with Gasteiger partial charge < -0.3 is 14.2 Å². The molecule has 1 fully saturated rings. The Bertz CT molecular complexity index is 895. The average molecular weight is 379 g/mol. The van der Waals surface area contributed by atoms with Gasteiger partial charge in [-0.25, -0.2) is 4.79 Å². The Kier molecular flexibility index (Phi) is 5.72. The summed E-state index contributed by atoms with van der Waals surface area (Å²) in [5.74, 6) is 0.498. The maximum Gasteiger partial charge on any atom is 0.328 e. The number of hydrogen-bond donors (Lipinski definition) is 1. The first kappa shape index (κ1) is 18.2. The van der Waals surface area contributed by atoms with E-state index in [1.165, 1.54) is 23.0 Å². The van der Waals surface area contributed by atoms with E-state index in [-0.39, 0.29) is 25.0 Å². The van der Waals surface area contributed by atoms with Crippen LogP contribution in [0.15, 0.2) is 40.3 Å². The first-order chi connectivity index (χ1) is 12.5. The lowest BCUT2D eigenvalue weighted by atomic mass is 10.1. The van der Waals surface area contributed by atoms with E-state index in [2.05, 4.69) is 9.97 Å². The van der Waals surface area contributed by atoms with Crippen molar-refractivity contribution >= 4 is 17.5 Å². The standard InChI is InChI=1S/C17H19ClN4O4/c18-13-10-19-6-3-14(13)26-12-2-1-7-22(11-12)16(24)5-9-21-8-4-15(23)20-17(21)25/h3-4,6,8,10,12H,1-2,5,7,9,11H2,(H,20,23,25). The molecule has 3 rings (SSSR count). The molecule has 2 aromatic heterocycles. The molecule has 0 aliphatic carbocycles. The Hall–Kier alpha value is -2.61. The maximum absolute atomic E-state index is 12.5. The molecular weight excluding hydrogens is 360 g/mol. The second kappa shape index (κ2) is 8.18. The van der Waals surface area contributed by atoms with Gasteiger partial charge in [0.1, 0.15) is 16.9 Å². The van der Waals surface area contributed by atoms with Crippen LogP contribution >= 0.6 is 11.6 Å². The van der Waals surface area contributed by atoms with Crippen LogP contribution in [0.25, 0.3) is 0 Å². The lowest BCUT2D eigenvalue weighted by Gasteiger charge is -2.33.